The molecule has 0 amide bonds. The Morgan fingerprint density at radius 3 is 2.74 bits per heavy atom. The average molecular weight is 465 g/mol. The maximum Gasteiger partial charge on any atom is 0.303 e. The lowest BCUT2D eigenvalue weighted by molar-refractivity contribution is -0.138. The summed E-state index contributed by atoms with van der Waals surface area (Å²) in [5.41, 5.74) is 2.29. The first kappa shape index (κ1) is 21.5. The largest absolute Gasteiger partial charge is 0.481 e. The number of anilines is 1. The molecule has 6 rings (SSSR count). The third-order valence-electron chi connectivity index (χ3n) is 7.86. The van der Waals surface area contributed by atoms with E-state index in [4.69, 9.17) is 14.8 Å². The SMILES string of the molecule is O=C(O)C[C@H]1CC[C@@H](O[C@@H]2C[C@@H]3C[C@H]2CN3c2ccc(-c3nc4cc(F)ccc4[nH]3)cn2)CC1. The third kappa shape index (κ3) is 4.15. The first-order valence-electron chi connectivity index (χ1n) is 12.3. The highest BCUT2D eigenvalue weighted by Gasteiger charge is 2.46. The van der Waals surface area contributed by atoms with Crippen LogP contribution in [-0.4, -0.2) is 50.8 Å². The van der Waals surface area contributed by atoms with Crippen LogP contribution in [0, 0.1) is 17.7 Å². The number of hydrogen-bond donors (Lipinski definition) is 2. The summed E-state index contributed by atoms with van der Waals surface area (Å²) in [5, 5.41) is 9.01. The van der Waals surface area contributed by atoms with Crippen LogP contribution in [-0.2, 0) is 9.53 Å². The number of H-pyrrole nitrogens is 1. The molecule has 3 heterocycles. The Kier molecular flexibility index (Phi) is 5.48. The lowest BCUT2D eigenvalue weighted by Crippen LogP contribution is -2.40. The molecule has 0 radical (unpaired) electrons. The number of fused-ring (bicyclic) bond motifs is 3. The van der Waals surface area contributed by atoms with E-state index < -0.39 is 5.97 Å². The molecule has 1 aromatic carbocycles. The number of aromatic amines is 1. The van der Waals surface area contributed by atoms with Crippen LogP contribution in [0.25, 0.3) is 22.4 Å². The Bertz CT molecular complexity index is 1190. The first-order valence-corrected chi connectivity index (χ1v) is 12.3. The molecule has 0 spiro atoms. The number of carbonyl (C=O) groups is 1. The number of hydrogen-bond acceptors (Lipinski definition) is 5. The van der Waals surface area contributed by atoms with Gasteiger partial charge in [-0.15, -0.1) is 0 Å². The van der Waals surface area contributed by atoms with E-state index in [0.717, 1.165) is 62.0 Å². The van der Waals surface area contributed by atoms with Gasteiger partial charge in [0.05, 0.1) is 23.2 Å². The van der Waals surface area contributed by atoms with Crippen LogP contribution in [0.5, 0.6) is 0 Å². The van der Waals surface area contributed by atoms with E-state index in [-0.39, 0.29) is 18.3 Å². The van der Waals surface area contributed by atoms with E-state index >= 15 is 0 Å². The minimum Gasteiger partial charge on any atom is -0.481 e. The molecular formula is C26H29FN4O3. The average Bonchev–Trinajstić information content (AvgIpc) is 3.54. The highest BCUT2D eigenvalue weighted by molar-refractivity contribution is 5.79. The molecule has 7 nitrogen and oxygen atoms in total. The van der Waals surface area contributed by atoms with Crippen LogP contribution in [0.15, 0.2) is 36.5 Å². The normalized spacial score (nSPS) is 28.6. The molecular weight excluding hydrogens is 435 g/mol. The van der Waals surface area contributed by atoms with Gasteiger partial charge < -0.3 is 19.7 Å². The highest BCUT2D eigenvalue weighted by Crippen LogP contribution is 2.43. The van der Waals surface area contributed by atoms with Crippen molar-refractivity contribution in [3.05, 3.63) is 42.3 Å². The molecule has 2 aromatic heterocycles. The maximum atomic E-state index is 13.5. The summed E-state index contributed by atoms with van der Waals surface area (Å²) in [6, 6.07) is 9.07. The van der Waals surface area contributed by atoms with Gasteiger partial charge in [0.1, 0.15) is 17.5 Å². The number of rotatable bonds is 6. The molecule has 2 N–H and O–H groups in total. The number of piperidine rings is 1. The number of nitrogens with zero attached hydrogens (tertiary/aromatic N) is 3. The molecule has 1 aliphatic heterocycles. The van der Waals surface area contributed by atoms with Crippen molar-refractivity contribution in [2.24, 2.45) is 11.8 Å². The van der Waals surface area contributed by atoms with Crippen LogP contribution in [0.4, 0.5) is 10.2 Å². The van der Waals surface area contributed by atoms with Crippen LogP contribution in [0.2, 0.25) is 0 Å². The second-order valence-corrected chi connectivity index (χ2v) is 10.1. The van der Waals surface area contributed by atoms with Gasteiger partial charge in [-0.3, -0.25) is 4.79 Å². The number of benzene rings is 1. The van der Waals surface area contributed by atoms with Gasteiger partial charge in [0.25, 0.3) is 0 Å². The number of carboxylic acids is 1. The number of pyridine rings is 1. The smallest absolute Gasteiger partial charge is 0.303 e. The summed E-state index contributed by atoms with van der Waals surface area (Å²) < 4.78 is 20.0. The van der Waals surface area contributed by atoms with Crippen LogP contribution in [0.3, 0.4) is 0 Å². The molecule has 3 aliphatic rings. The Labute approximate surface area is 197 Å². The molecule has 2 bridgehead atoms. The fraction of sp³-hybridized carbons (Fsp3) is 0.500. The molecule has 2 aliphatic carbocycles. The van der Waals surface area contributed by atoms with Crippen molar-refractivity contribution < 1.29 is 19.0 Å². The van der Waals surface area contributed by atoms with Gasteiger partial charge in [0.15, 0.2) is 0 Å². The number of nitrogens with one attached hydrogen (secondary N) is 1. The van der Waals surface area contributed by atoms with Gasteiger partial charge in [0.2, 0.25) is 0 Å². The molecule has 3 aromatic rings. The summed E-state index contributed by atoms with van der Waals surface area (Å²) >= 11 is 0. The Hall–Kier alpha value is -3.00. The molecule has 3 atom stereocenters. The summed E-state index contributed by atoms with van der Waals surface area (Å²) in [5.74, 6) is 1.51. The van der Waals surface area contributed by atoms with E-state index in [0.29, 0.717) is 35.3 Å². The van der Waals surface area contributed by atoms with Crippen molar-refractivity contribution in [3.63, 3.8) is 0 Å². The Morgan fingerprint density at radius 1 is 1.18 bits per heavy atom. The molecule has 8 heteroatoms. The van der Waals surface area contributed by atoms with Gasteiger partial charge in [0, 0.05) is 42.8 Å². The second kappa shape index (κ2) is 8.65. The molecule has 3 fully saturated rings. The predicted molar refractivity (Wildman–Crippen MR) is 126 cm³/mol. The summed E-state index contributed by atoms with van der Waals surface area (Å²) in [7, 11) is 0. The van der Waals surface area contributed by atoms with Crippen molar-refractivity contribution in [1.82, 2.24) is 15.0 Å². The number of carboxylic acid groups (broad SMARTS) is 1. The van der Waals surface area contributed by atoms with E-state index in [2.05, 4.69) is 14.9 Å². The number of aromatic nitrogens is 3. The van der Waals surface area contributed by atoms with E-state index in [1.165, 1.54) is 12.1 Å². The molecule has 178 valence electrons. The number of aliphatic carboxylic acids is 1. The van der Waals surface area contributed by atoms with Gasteiger partial charge in [-0.05, 0) is 68.7 Å². The quantitative estimate of drug-likeness (QED) is 0.546. The first-order chi connectivity index (χ1) is 16.5. The maximum absolute atomic E-state index is 13.5. The predicted octanol–water partition coefficient (Wildman–Crippen LogP) is 4.78. The van der Waals surface area contributed by atoms with Gasteiger partial charge in [-0.1, -0.05) is 0 Å². The molecule has 34 heavy (non-hydrogen) atoms. The minimum absolute atomic E-state index is 0.275. The fourth-order valence-electron chi connectivity index (χ4n) is 6.13. The highest BCUT2D eigenvalue weighted by atomic mass is 19.1. The lowest BCUT2D eigenvalue weighted by Gasteiger charge is -2.36. The monoisotopic (exact) mass is 464 g/mol. The van der Waals surface area contributed by atoms with Crippen molar-refractivity contribution in [3.8, 4) is 11.4 Å². The van der Waals surface area contributed by atoms with Gasteiger partial charge in [-0.2, -0.15) is 0 Å². The van der Waals surface area contributed by atoms with Crippen molar-refractivity contribution in [2.45, 2.75) is 63.2 Å². The fourth-order valence-corrected chi connectivity index (χ4v) is 6.13. The molecule has 2 saturated carbocycles. The van der Waals surface area contributed by atoms with Gasteiger partial charge in [-0.25, -0.2) is 14.4 Å². The summed E-state index contributed by atoms with van der Waals surface area (Å²) in [4.78, 5) is 25.8. The zero-order chi connectivity index (χ0) is 23.2. The number of imidazole rings is 1. The van der Waals surface area contributed by atoms with Crippen LogP contribution < -0.4 is 4.90 Å². The number of halogens is 1. The lowest BCUT2D eigenvalue weighted by atomic mass is 9.85. The number of ether oxygens (including phenoxy) is 1. The van der Waals surface area contributed by atoms with Crippen molar-refractivity contribution in [2.75, 3.05) is 11.4 Å². The van der Waals surface area contributed by atoms with Crippen LogP contribution in [0.1, 0.15) is 44.9 Å². The summed E-state index contributed by atoms with van der Waals surface area (Å²) in [6.45, 7) is 0.958. The molecule has 1 saturated heterocycles. The molecule has 0 unspecified atom stereocenters. The van der Waals surface area contributed by atoms with Crippen LogP contribution >= 0.6 is 0 Å². The minimum atomic E-state index is -0.688. The van der Waals surface area contributed by atoms with Crippen molar-refractivity contribution in [1.29, 1.82) is 0 Å². The van der Waals surface area contributed by atoms with E-state index in [1.807, 2.05) is 18.3 Å². The van der Waals surface area contributed by atoms with E-state index in [9.17, 15) is 9.18 Å². The zero-order valence-electron chi connectivity index (χ0n) is 19.0. The van der Waals surface area contributed by atoms with Gasteiger partial charge >= 0.3 is 5.97 Å². The Morgan fingerprint density at radius 2 is 2.03 bits per heavy atom. The third-order valence-corrected chi connectivity index (χ3v) is 7.86. The zero-order valence-corrected chi connectivity index (χ0v) is 19.0. The van der Waals surface area contributed by atoms with E-state index in [1.54, 1.807) is 6.07 Å². The standard InChI is InChI=1S/C26H29FN4O3/c27-18-4-7-21-22(11-18)30-26(29-21)16-3-8-24(28-13-16)31-14-17-10-19(31)12-23(17)34-20-5-1-15(2-6-20)9-25(32)33/h3-4,7-8,11,13,15,17,19-20,23H,1-2,5-6,9-10,12,14H2,(H,29,30)(H,32,33)/t15-,17-,19-,20+,23+/m0/s1. The second-order valence-electron chi connectivity index (χ2n) is 10.1. The van der Waals surface area contributed by atoms with Crippen molar-refractivity contribution >= 4 is 22.8 Å². The Balaban J connectivity index is 1.06. The topological polar surface area (TPSA) is 91.3 Å². The summed E-state index contributed by atoms with van der Waals surface area (Å²) in [6.07, 6.45) is 8.74.